The number of terminal acetylenes is 2. The van der Waals surface area contributed by atoms with Crippen molar-refractivity contribution in [3.63, 3.8) is 0 Å². The SMILES string of the molecule is C#CCCC#C.O=C(O)CCCCC(=O)O. The molecule has 0 bridgehead atoms. The zero-order valence-corrected chi connectivity index (χ0v) is 9.11. The summed E-state index contributed by atoms with van der Waals surface area (Å²) in [6.07, 6.45) is 12.2. The third-order valence-corrected chi connectivity index (χ3v) is 1.44. The minimum absolute atomic E-state index is 0.0628. The number of unbranched alkanes of at least 4 members (excludes halogenated alkanes) is 2. The fourth-order valence-electron chi connectivity index (χ4n) is 0.697. The van der Waals surface area contributed by atoms with Gasteiger partial charge in [-0.05, 0) is 12.8 Å². The van der Waals surface area contributed by atoms with Gasteiger partial charge in [0.1, 0.15) is 0 Å². The van der Waals surface area contributed by atoms with Gasteiger partial charge in [0.2, 0.25) is 0 Å². The molecule has 0 spiro atoms. The number of carbonyl (C=O) groups is 2. The molecule has 0 fully saturated rings. The van der Waals surface area contributed by atoms with Crippen LogP contribution in [0.1, 0.15) is 38.5 Å². The van der Waals surface area contributed by atoms with Crippen molar-refractivity contribution >= 4 is 11.9 Å². The lowest BCUT2D eigenvalue weighted by atomic mass is 10.2. The molecule has 4 nitrogen and oxygen atoms in total. The van der Waals surface area contributed by atoms with Crippen molar-refractivity contribution in [2.45, 2.75) is 38.5 Å². The Morgan fingerprint density at radius 3 is 1.38 bits per heavy atom. The van der Waals surface area contributed by atoms with Crippen molar-refractivity contribution in [2.75, 3.05) is 0 Å². The highest BCUT2D eigenvalue weighted by Gasteiger charge is 1.99. The van der Waals surface area contributed by atoms with E-state index in [4.69, 9.17) is 23.1 Å². The lowest BCUT2D eigenvalue weighted by Crippen LogP contribution is -1.97. The van der Waals surface area contributed by atoms with Crippen molar-refractivity contribution < 1.29 is 19.8 Å². The van der Waals surface area contributed by atoms with E-state index >= 15 is 0 Å². The third kappa shape index (κ3) is 22.7. The fourth-order valence-corrected chi connectivity index (χ4v) is 0.697. The summed E-state index contributed by atoms with van der Waals surface area (Å²) in [5.41, 5.74) is 0. The van der Waals surface area contributed by atoms with Gasteiger partial charge >= 0.3 is 11.9 Å². The molecule has 16 heavy (non-hydrogen) atoms. The van der Waals surface area contributed by atoms with E-state index in [-0.39, 0.29) is 12.8 Å². The lowest BCUT2D eigenvalue weighted by Gasteiger charge is -1.92. The summed E-state index contributed by atoms with van der Waals surface area (Å²) in [7, 11) is 0. The first kappa shape index (κ1) is 16.5. The van der Waals surface area contributed by atoms with Crippen LogP contribution in [0.3, 0.4) is 0 Å². The Kier molecular flexibility index (Phi) is 13.5. The molecule has 0 aromatic carbocycles. The maximum atomic E-state index is 9.90. The van der Waals surface area contributed by atoms with Gasteiger partial charge in [-0.25, -0.2) is 0 Å². The Morgan fingerprint density at radius 2 is 1.19 bits per heavy atom. The highest BCUT2D eigenvalue weighted by Crippen LogP contribution is 1.98. The van der Waals surface area contributed by atoms with Crippen LogP contribution in [0.2, 0.25) is 0 Å². The predicted molar refractivity (Wildman–Crippen MR) is 60.6 cm³/mol. The van der Waals surface area contributed by atoms with Crippen molar-refractivity contribution in [1.82, 2.24) is 0 Å². The summed E-state index contributed by atoms with van der Waals surface area (Å²) in [4.78, 5) is 19.8. The first-order valence-electron chi connectivity index (χ1n) is 4.85. The Labute approximate surface area is 95.7 Å². The summed E-state index contributed by atoms with van der Waals surface area (Å²) in [6.45, 7) is 0. The molecule has 0 aromatic heterocycles. The number of hydrogen-bond acceptors (Lipinski definition) is 2. The molecule has 4 heteroatoms. The standard InChI is InChI=1S/C6H10O4.C6H6/c7-5(8)3-1-2-4-6(9)10;1-3-5-6-4-2/h1-4H2,(H,7,8)(H,9,10);1-2H,5-6H2. The molecule has 0 saturated carbocycles. The topological polar surface area (TPSA) is 74.6 Å². The average molecular weight is 224 g/mol. The maximum Gasteiger partial charge on any atom is 0.303 e. The molecule has 0 amide bonds. The van der Waals surface area contributed by atoms with Gasteiger partial charge in [0.25, 0.3) is 0 Å². The van der Waals surface area contributed by atoms with Crippen LogP contribution in [0.4, 0.5) is 0 Å². The van der Waals surface area contributed by atoms with Crippen LogP contribution < -0.4 is 0 Å². The second-order valence-electron chi connectivity index (χ2n) is 2.90. The molecule has 0 aliphatic carbocycles. The van der Waals surface area contributed by atoms with E-state index in [9.17, 15) is 9.59 Å². The summed E-state index contributed by atoms with van der Waals surface area (Å²) < 4.78 is 0. The van der Waals surface area contributed by atoms with Crippen molar-refractivity contribution in [1.29, 1.82) is 0 Å². The molecule has 0 radical (unpaired) electrons. The van der Waals surface area contributed by atoms with Crippen LogP contribution >= 0.6 is 0 Å². The molecule has 2 N–H and O–H groups in total. The molecular formula is C12H16O4. The van der Waals surface area contributed by atoms with E-state index in [1.807, 2.05) is 0 Å². The second kappa shape index (κ2) is 13.1. The Balaban J connectivity index is 0. The van der Waals surface area contributed by atoms with E-state index < -0.39 is 11.9 Å². The molecule has 0 aliphatic heterocycles. The van der Waals surface area contributed by atoms with Gasteiger partial charge in [0, 0.05) is 25.7 Å². The zero-order valence-electron chi connectivity index (χ0n) is 9.11. The van der Waals surface area contributed by atoms with Gasteiger partial charge in [-0.2, -0.15) is 0 Å². The van der Waals surface area contributed by atoms with E-state index in [0.717, 1.165) is 0 Å². The highest BCUT2D eigenvalue weighted by atomic mass is 16.4. The minimum Gasteiger partial charge on any atom is -0.481 e. The summed E-state index contributed by atoms with van der Waals surface area (Å²) in [6, 6.07) is 0. The first-order chi connectivity index (χ1) is 7.54. The molecule has 0 atom stereocenters. The van der Waals surface area contributed by atoms with E-state index in [1.165, 1.54) is 0 Å². The van der Waals surface area contributed by atoms with Gasteiger partial charge in [-0.1, -0.05) is 0 Å². The molecule has 0 aromatic rings. The van der Waals surface area contributed by atoms with Crippen LogP contribution in [-0.4, -0.2) is 22.2 Å². The molecule has 0 aliphatic rings. The maximum absolute atomic E-state index is 9.90. The Hall–Kier alpha value is -1.94. The fraction of sp³-hybridized carbons (Fsp3) is 0.500. The summed E-state index contributed by atoms with van der Waals surface area (Å²) in [5, 5.41) is 16.3. The van der Waals surface area contributed by atoms with E-state index in [2.05, 4.69) is 11.8 Å². The summed E-state index contributed by atoms with van der Waals surface area (Å²) in [5.74, 6) is 3.11. The van der Waals surface area contributed by atoms with Crippen LogP contribution in [0.25, 0.3) is 0 Å². The summed E-state index contributed by atoms with van der Waals surface area (Å²) >= 11 is 0. The van der Waals surface area contributed by atoms with Crippen LogP contribution in [0.5, 0.6) is 0 Å². The van der Waals surface area contributed by atoms with Crippen LogP contribution in [0, 0.1) is 24.7 Å². The van der Waals surface area contributed by atoms with Crippen molar-refractivity contribution in [3.05, 3.63) is 0 Å². The molecular weight excluding hydrogens is 208 g/mol. The molecule has 0 saturated heterocycles. The normalized spacial score (nSPS) is 7.88. The number of rotatable bonds is 6. The first-order valence-corrected chi connectivity index (χ1v) is 4.85. The molecule has 88 valence electrons. The van der Waals surface area contributed by atoms with Crippen molar-refractivity contribution in [2.24, 2.45) is 0 Å². The van der Waals surface area contributed by atoms with Gasteiger partial charge in [-0.15, -0.1) is 24.7 Å². The number of carboxylic acid groups (broad SMARTS) is 2. The number of aliphatic carboxylic acids is 2. The molecule has 0 unspecified atom stereocenters. The van der Waals surface area contributed by atoms with Gasteiger partial charge < -0.3 is 10.2 Å². The van der Waals surface area contributed by atoms with Gasteiger partial charge in [0.15, 0.2) is 0 Å². The highest BCUT2D eigenvalue weighted by molar-refractivity contribution is 5.67. The van der Waals surface area contributed by atoms with Crippen LogP contribution in [-0.2, 0) is 9.59 Å². The largest absolute Gasteiger partial charge is 0.481 e. The average Bonchev–Trinajstić information content (AvgIpc) is 2.22. The van der Waals surface area contributed by atoms with Gasteiger partial charge in [-0.3, -0.25) is 9.59 Å². The van der Waals surface area contributed by atoms with Crippen molar-refractivity contribution in [3.8, 4) is 24.7 Å². The second-order valence-corrected chi connectivity index (χ2v) is 2.90. The minimum atomic E-state index is -0.870. The smallest absolute Gasteiger partial charge is 0.303 e. The van der Waals surface area contributed by atoms with E-state index in [0.29, 0.717) is 25.7 Å². The van der Waals surface area contributed by atoms with E-state index in [1.54, 1.807) is 0 Å². The monoisotopic (exact) mass is 224 g/mol. The quantitative estimate of drug-likeness (QED) is 0.532. The molecule has 0 rings (SSSR count). The Bertz CT molecular complexity index is 250. The Morgan fingerprint density at radius 1 is 0.875 bits per heavy atom. The zero-order chi connectivity index (χ0) is 12.8. The number of hydrogen-bond donors (Lipinski definition) is 2. The molecule has 0 heterocycles. The lowest BCUT2D eigenvalue weighted by molar-refractivity contribution is -0.139. The predicted octanol–water partition coefficient (Wildman–Crippen LogP) is 1.75. The third-order valence-electron chi connectivity index (χ3n) is 1.44. The van der Waals surface area contributed by atoms with Gasteiger partial charge in [0.05, 0.1) is 0 Å². The van der Waals surface area contributed by atoms with Crippen LogP contribution in [0.15, 0.2) is 0 Å². The number of carboxylic acids is 2.